The minimum Gasteiger partial charge on any atom is -0.497 e. The Hall–Kier alpha value is -0.760. The van der Waals surface area contributed by atoms with Crippen LogP contribution in [0.15, 0.2) is 24.3 Å². The number of ether oxygens (including phenoxy) is 1. The van der Waals surface area contributed by atoms with Gasteiger partial charge in [0.2, 0.25) is 0 Å². The van der Waals surface area contributed by atoms with E-state index in [0.29, 0.717) is 0 Å². The average molecular weight is 423 g/mol. The quantitative estimate of drug-likeness (QED) is 0.287. The maximum atomic E-state index is 11.4. The van der Waals surface area contributed by atoms with E-state index in [0.717, 1.165) is 42.1 Å². The fourth-order valence-corrected chi connectivity index (χ4v) is 5.54. The van der Waals surface area contributed by atoms with Crippen molar-refractivity contribution in [3.63, 3.8) is 0 Å². The molecule has 0 aliphatic carbocycles. The zero-order valence-electron chi connectivity index (χ0n) is 18.3. The first-order chi connectivity index (χ1) is 13.5. The molecule has 0 radical (unpaired) electrons. The summed E-state index contributed by atoms with van der Waals surface area (Å²) in [7, 11) is 1.66. The summed E-state index contributed by atoms with van der Waals surface area (Å²) >= 11 is 3.84. The van der Waals surface area contributed by atoms with Crippen molar-refractivity contribution >= 4 is 23.5 Å². The number of aliphatic hydroxyl groups excluding tert-OH is 1. The Labute approximate surface area is 181 Å². The number of rotatable bonds is 13. The normalized spacial score (nSPS) is 14.2. The van der Waals surface area contributed by atoms with Crippen molar-refractivity contribution in [1.82, 2.24) is 0 Å². The number of hydrogen-bond donors (Lipinski definition) is 1. The summed E-state index contributed by atoms with van der Waals surface area (Å²) in [5, 5.41) is 11.4. The molecule has 0 saturated heterocycles. The van der Waals surface area contributed by atoms with Gasteiger partial charge in [-0.15, -0.1) is 17.7 Å². The molecule has 0 aromatic heterocycles. The molecule has 2 nitrogen and oxygen atoms in total. The zero-order valence-corrected chi connectivity index (χ0v) is 19.9. The number of thioether (sulfide) groups is 2. The van der Waals surface area contributed by atoms with Gasteiger partial charge in [0.15, 0.2) is 0 Å². The lowest BCUT2D eigenvalue weighted by Gasteiger charge is -2.37. The Kier molecular flexibility index (Phi) is 12.9. The minimum atomic E-state index is -0.627. The van der Waals surface area contributed by atoms with Crippen LogP contribution in [0.1, 0.15) is 71.5 Å². The number of hydrogen-bond acceptors (Lipinski definition) is 4. The van der Waals surface area contributed by atoms with Crippen molar-refractivity contribution in [3.8, 4) is 17.6 Å². The molecule has 4 heteroatoms. The maximum absolute atomic E-state index is 11.4. The first-order valence-electron chi connectivity index (χ1n) is 10.6. The van der Waals surface area contributed by atoms with Crippen LogP contribution >= 0.6 is 23.5 Å². The molecule has 1 N–H and O–H groups in total. The van der Waals surface area contributed by atoms with Crippen LogP contribution in [-0.2, 0) is 0 Å². The first kappa shape index (κ1) is 25.3. The van der Waals surface area contributed by atoms with E-state index in [1.807, 2.05) is 47.8 Å². The van der Waals surface area contributed by atoms with Crippen LogP contribution in [0.5, 0.6) is 5.75 Å². The molecular formula is C24H38O2S2. The van der Waals surface area contributed by atoms with E-state index in [-0.39, 0.29) is 5.92 Å². The molecule has 0 spiro atoms. The molecule has 0 saturated carbocycles. The van der Waals surface area contributed by atoms with Crippen LogP contribution < -0.4 is 4.74 Å². The molecule has 0 bridgehead atoms. The molecular weight excluding hydrogens is 384 g/mol. The summed E-state index contributed by atoms with van der Waals surface area (Å²) in [5.74, 6) is 11.3. The van der Waals surface area contributed by atoms with Gasteiger partial charge in [-0.3, -0.25) is 0 Å². The van der Waals surface area contributed by atoms with E-state index in [4.69, 9.17) is 4.74 Å². The summed E-state index contributed by atoms with van der Waals surface area (Å²) < 4.78 is 4.78. The SMILES string of the molecule is CCCCC#CC(SCCSCCCC)(C(C)C)C(O)c1ccc(OC)cc1. The third-order valence-electron chi connectivity index (χ3n) is 4.85. The summed E-state index contributed by atoms with van der Waals surface area (Å²) in [4.78, 5) is 0. The molecule has 2 atom stereocenters. The zero-order chi connectivity index (χ0) is 20.8. The molecule has 158 valence electrons. The van der Waals surface area contributed by atoms with E-state index in [1.54, 1.807) is 7.11 Å². The predicted octanol–water partition coefficient (Wildman–Crippen LogP) is 6.58. The van der Waals surface area contributed by atoms with E-state index in [2.05, 4.69) is 39.5 Å². The van der Waals surface area contributed by atoms with Gasteiger partial charge in [-0.1, -0.05) is 58.6 Å². The van der Waals surface area contributed by atoms with Gasteiger partial charge in [0, 0.05) is 17.9 Å². The van der Waals surface area contributed by atoms with Gasteiger partial charge in [0.25, 0.3) is 0 Å². The summed E-state index contributed by atoms with van der Waals surface area (Å²) in [6, 6.07) is 7.76. The van der Waals surface area contributed by atoms with Gasteiger partial charge in [-0.2, -0.15) is 11.8 Å². The molecule has 0 heterocycles. The molecule has 0 aliphatic heterocycles. The molecule has 1 aromatic rings. The monoisotopic (exact) mass is 422 g/mol. The fraction of sp³-hybridized carbons (Fsp3) is 0.667. The Morgan fingerprint density at radius 2 is 1.71 bits per heavy atom. The van der Waals surface area contributed by atoms with Crippen molar-refractivity contribution in [2.45, 2.75) is 70.7 Å². The molecule has 28 heavy (non-hydrogen) atoms. The fourth-order valence-electron chi connectivity index (χ4n) is 2.93. The van der Waals surface area contributed by atoms with Gasteiger partial charge in [-0.25, -0.2) is 0 Å². The van der Waals surface area contributed by atoms with Gasteiger partial charge in [0.1, 0.15) is 16.6 Å². The van der Waals surface area contributed by atoms with Crippen molar-refractivity contribution in [2.24, 2.45) is 5.92 Å². The Morgan fingerprint density at radius 1 is 1.04 bits per heavy atom. The molecule has 0 amide bonds. The van der Waals surface area contributed by atoms with Gasteiger partial charge >= 0.3 is 0 Å². The van der Waals surface area contributed by atoms with Gasteiger partial charge in [0.05, 0.1) is 7.11 Å². The van der Waals surface area contributed by atoms with E-state index in [9.17, 15) is 5.11 Å². The van der Waals surface area contributed by atoms with E-state index < -0.39 is 10.9 Å². The molecule has 1 aromatic carbocycles. The topological polar surface area (TPSA) is 29.5 Å². The van der Waals surface area contributed by atoms with E-state index in [1.165, 1.54) is 18.6 Å². The molecule has 0 aliphatic rings. The van der Waals surface area contributed by atoms with Crippen LogP contribution in [0, 0.1) is 17.8 Å². The van der Waals surface area contributed by atoms with Crippen LogP contribution in [0.25, 0.3) is 0 Å². The van der Waals surface area contributed by atoms with Gasteiger partial charge in [-0.05, 0) is 42.2 Å². The second-order valence-electron chi connectivity index (χ2n) is 7.34. The molecule has 0 fully saturated rings. The standard InChI is InChI=1S/C24H38O2S2/c1-6-8-10-11-16-24(20(3)4,28-19-18-27-17-9-7-2)23(25)21-12-14-22(26-5)15-13-21/h12-15,20,23,25H,6-10,17-19H2,1-5H3. The average Bonchev–Trinajstić information content (AvgIpc) is 2.71. The second-order valence-corrected chi connectivity index (χ2v) is 9.94. The van der Waals surface area contributed by atoms with Crippen molar-refractivity contribution < 1.29 is 9.84 Å². The lowest BCUT2D eigenvalue weighted by atomic mass is 9.85. The number of aliphatic hydroxyl groups is 1. The van der Waals surface area contributed by atoms with Crippen molar-refractivity contribution in [2.75, 3.05) is 24.4 Å². The van der Waals surface area contributed by atoms with Crippen molar-refractivity contribution in [3.05, 3.63) is 29.8 Å². The number of methoxy groups -OCH3 is 1. The number of unbranched alkanes of at least 4 members (excludes halogenated alkanes) is 3. The summed E-state index contributed by atoms with van der Waals surface area (Å²) in [6.07, 6.45) is 5.04. The highest BCUT2D eigenvalue weighted by atomic mass is 32.2. The highest BCUT2D eigenvalue weighted by Crippen LogP contribution is 2.44. The van der Waals surface area contributed by atoms with Crippen LogP contribution in [0.3, 0.4) is 0 Å². The summed E-state index contributed by atoms with van der Waals surface area (Å²) in [5.41, 5.74) is 0.908. The smallest absolute Gasteiger partial charge is 0.118 e. The Bertz CT molecular complexity index is 589. The minimum absolute atomic E-state index is 0.240. The highest BCUT2D eigenvalue weighted by molar-refractivity contribution is 8.03. The Balaban J connectivity index is 3.01. The number of benzene rings is 1. The van der Waals surface area contributed by atoms with Gasteiger partial charge < -0.3 is 9.84 Å². The van der Waals surface area contributed by atoms with E-state index >= 15 is 0 Å². The third kappa shape index (κ3) is 7.93. The maximum Gasteiger partial charge on any atom is 0.118 e. The Morgan fingerprint density at radius 3 is 2.29 bits per heavy atom. The molecule has 2 unspecified atom stereocenters. The lowest BCUT2D eigenvalue weighted by molar-refractivity contribution is 0.132. The first-order valence-corrected chi connectivity index (χ1v) is 12.7. The largest absolute Gasteiger partial charge is 0.497 e. The third-order valence-corrected chi connectivity index (χ3v) is 7.86. The van der Waals surface area contributed by atoms with Crippen LogP contribution in [-0.4, -0.2) is 34.2 Å². The van der Waals surface area contributed by atoms with Crippen molar-refractivity contribution in [1.29, 1.82) is 0 Å². The lowest BCUT2D eigenvalue weighted by Crippen LogP contribution is -2.38. The molecule has 1 rings (SSSR count). The highest BCUT2D eigenvalue weighted by Gasteiger charge is 2.41. The second kappa shape index (κ2) is 14.3. The van der Waals surface area contributed by atoms with Crippen LogP contribution in [0.4, 0.5) is 0 Å². The van der Waals surface area contributed by atoms with Crippen LogP contribution in [0.2, 0.25) is 0 Å². The predicted molar refractivity (Wildman–Crippen MR) is 128 cm³/mol. The summed E-state index contributed by atoms with van der Waals surface area (Å²) in [6.45, 7) is 8.78.